The van der Waals surface area contributed by atoms with E-state index in [2.05, 4.69) is 19.3 Å². The number of allylic oxidation sites excluding steroid dienone is 4. The van der Waals surface area contributed by atoms with Gasteiger partial charge in [-0.1, -0.05) is 12.5 Å². The second kappa shape index (κ2) is 6.29. The number of aliphatic hydroxyl groups is 1. The van der Waals surface area contributed by atoms with Crippen molar-refractivity contribution in [3.05, 3.63) is 22.8 Å². The monoisotopic (exact) mass is 312 g/mol. The van der Waals surface area contributed by atoms with Crippen LogP contribution >= 0.6 is 0 Å². The van der Waals surface area contributed by atoms with E-state index in [0.29, 0.717) is 24.0 Å². The van der Waals surface area contributed by atoms with E-state index in [1.807, 2.05) is 6.08 Å². The van der Waals surface area contributed by atoms with Crippen LogP contribution in [0.1, 0.15) is 65.2 Å². The molecule has 2 heteroatoms. The molecule has 0 bridgehead atoms. The van der Waals surface area contributed by atoms with Crippen LogP contribution in [-0.4, -0.2) is 17.0 Å². The Balaban J connectivity index is 0.000000485. The Hall–Kier alpha value is -1.33. The molecule has 0 aromatic heterocycles. The molecule has 1 N–H and O–H groups in total. The molecule has 124 valence electrons. The van der Waals surface area contributed by atoms with Gasteiger partial charge in [0.1, 0.15) is 0 Å². The van der Waals surface area contributed by atoms with Crippen LogP contribution in [0.5, 0.6) is 0 Å². The SMILES string of the molecule is C#CC.C[C@]12CCC3=C4CCC(=O)C=C4CCC3C1CCC2O. The van der Waals surface area contributed by atoms with Crippen molar-refractivity contribution in [1.29, 1.82) is 0 Å². The van der Waals surface area contributed by atoms with E-state index < -0.39 is 0 Å². The van der Waals surface area contributed by atoms with Crippen molar-refractivity contribution in [1.82, 2.24) is 0 Å². The average molecular weight is 312 g/mol. The number of carbonyl (C=O) groups excluding carboxylic acids is 1. The maximum Gasteiger partial charge on any atom is 0.156 e. The lowest BCUT2D eigenvalue weighted by Gasteiger charge is -2.48. The highest BCUT2D eigenvalue weighted by molar-refractivity contribution is 5.93. The van der Waals surface area contributed by atoms with E-state index in [1.54, 1.807) is 12.5 Å². The number of carbonyl (C=O) groups is 1. The Bertz CT molecular complexity index is 604. The minimum Gasteiger partial charge on any atom is -0.393 e. The zero-order chi connectivity index (χ0) is 16.6. The molecule has 2 saturated carbocycles. The molecule has 3 unspecified atom stereocenters. The highest BCUT2D eigenvalue weighted by Crippen LogP contribution is 2.59. The summed E-state index contributed by atoms with van der Waals surface area (Å²) in [5.74, 6) is 3.93. The molecule has 4 aliphatic rings. The van der Waals surface area contributed by atoms with Gasteiger partial charge in [0, 0.05) is 6.42 Å². The highest BCUT2D eigenvalue weighted by atomic mass is 16.3. The van der Waals surface area contributed by atoms with Crippen molar-refractivity contribution < 1.29 is 9.90 Å². The van der Waals surface area contributed by atoms with Gasteiger partial charge in [-0.05, 0) is 86.3 Å². The Kier molecular flexibility index (Phi) is 4.52. The van der Waals surface area contributed by atoms with Crippen molar-refractivity contribution >= 4 is 5.78 Å². The average Bonchev–Trinajstić information content (AvgIpc) is 2.83. The lowest BCUT2D eigenvalue weighted by Crippen LogP contribution is -2.42. The van der Waals surface area contributed by atoms with Crippen LogP contribution < -0.4 is 0 Å². The number of terminal acetylenes is 1. The van der Waals surface area contributed by atoms with Crippen LogP contribution in [0.3, 0.4) is 0 Å². The number of hydrogen-bond donors (Lipinski definition) is 1. The molecular formula is C21H28O2. The fourth-order valence-electron chi connectivity index (χ4n) is 5.50. The largest absolute Gasteiger partial charge is 0.393 e. The van der Waals surface area contributed by atoms with Gasteiger partial charge in [-0.25, -0.2) is 0 Å². The first kappa shape index (κ1) is 16.5. The molecule has 4 atom stereocenters. The third kappa shape index (κ3) is 2.70. The predicted molar refractivity (Wildman–Crippen MR) is 92.7 cm³/mol. The van der Waals surface area contributed by atoms with Gasteiger partial charge in [0.25, 0.3) is 0 Å². The van der Waals surface area contributed by atoms with Gasteiger partial charge in [0.05, 0.1) is 6.10 Å². The maximum atomic E-state index is 11.6. The summed E-state index contributed by atoms with van der Waals surface area (Å²) in [4.78, 5) is 11.6. The van der Waals surface area contributed by atoms with Crippen molar-refractivity contribution in [3.8, 4) is 12.3 Å². The van der Waals surface area contributed by atoms with Gasteiger partial charge in [0.2, 0.25) is 0 Å². The number of fused-ring (bicyclic) bond motifs is 4. The van der Waals surface area contributed by atoms with Gasteiger partial charge in [-0.15, -0.1) is 12.3 Å². The second-order valence-corrected chi connectivity index (χ2v) is 7.78. The fourth-order valence-corrected chi connectivity index (χ4v) is 5.50. The Morgan fingerprint density at radius 2 is 1.96 bits per heavy atom. The maximum absolute atomic E-state index is 11.6. The minimum absolute atomic E-state index is 0.0936. The normalized spacial score (nSPS) is 38.4. The van der Waals surface area contributed by atoms with Crippen LogP contribution in [-0.2, 0) is 4.79 Å². The minimum atomic E-state index is -0.0936. The van der Waals surface area contributed by atoms with Crippen molar-refractivity contribution in [2.45, 2.75) is 71.3 Å². The molecule has 0 aliphatic heterocycles. The summed E-state index contributed by atoms with van der Waals surface area (Å²) in [6.07, 6.45) is 14.8. The summed E-state index contributed by atoms with van der Waals surface area (Å²) in [7, 11) is 0. The molecular weight excluding hydrogens is 284 g/mol. The van der Waals surface area contributed by atoms with E-state index in [1.165, 1.54) is 24.0 Å². The summed E-state index contributed by atoms with van der Waals surface area (Å²) in [6.45, 7) is 3.96. The molecule has 0 saturated heterocycles. The first-order chi connectivity index (χ1) is 11.0. The van der Waals surface area contributed by atoms with Crippen LogP contribution in [0, 0.1) is 29.6 Å². The van der Waals surface area contributed by atoms with Crippen molar-refractivity contribution in [2.24, 2.45) is 17.3 Å². The predicted octanol–water partition coefficient (Wildman–Crippen LogP) is 4.19. The lowest BCUT2D eigenvalue weighted by atomic mass is 9.57. The lowest BCUT2D eigenvalue weighted by molar-refractivity contribution is -0.114. The zero-order valence-electron chi connectivity index (χ0n) is 14.4. The smallest absolute Gasteiger partial charge is 0.156 e. The summed E-state index contributed by atoms with van der Waals surface area (Å²) >= 11 is 0. The molecule has 23 heavy (non-hydrogen) atoms. The molecule has 2 fully saturated rings. The van der Waals surface area contributed by atoms with Gasteiger partial charge >= 0.3 is 0 Å². The van der Waals surface area contributed by atoms with Crippen molar-refractivity contribution in [2.75, 3.05) is 0 Å². The van der Waals surface area contributed by atoms with Crippen LogP contribution in [0.15, 0.2) is 22.8 Å². The second-order valence-electron chi connectivity index (χ2n) is 7.78. The summed E-state index contributed by atoms with van der Waals surface area (Å²) in [5, 5.41) is 10.4. The van der Waals surface area contributed by atoms with E-state index in [0.717, 1.165) is 32.1 Å². The number of aliphatic hydroxyl groups excluding tert-OH is 1. The fraction of sp³-hybridized carbons (Fsp3) is 0.667. The number of hydrogen-bond acceptors (Lipinski definition) is 2. The third-order valence-electron chi connectivity index (χ3n) is 6.68. The summed E-state index contributed by atoms with van der Waals surface area (Å²) in [5.41, 5.74) is 4.69. The van der Waals surface area contributed by atoms with E-state index in [4.69, 9.17) is 0 Å². The zero-order valence-corrected chi connectivity index (χ0v) is 14.4. The first-order valence-electron chi connectivity index (χ1n) is 9.02. The standard InChI is InChI=1S/C18H24O2.C3H4/c1-18-9-8-14-13-5-3-12(19)10-11(13)2-4-15(14)16(18)6-7-17(18)20;1-3-2/h10,15-17,20H,2-9H2,1H3;1H,2H3/t15?,16?,17?,18-;/m0./s1. The molecule has 0 aromatic rings. The molecule has 0 spiro atoms. The molecule has 0 aromatic carbocycles. The number of ketones is 1. The van der Waals surface area contributed by atoms with Crippen LogP contribution in [0.4, 0.5) is 0 Å². The molecule has 0 amide bonds. The van der Waals surface area contributed by atoms with Gasteiger partial charge < -0.3 is 5.11 Å². The molecule has 4 aliphatic carbocycles. The molecule has 0 heterocycles. The van der Waals surface area contributed by atoms with E-state index in [-0.39, 0.29) is 11.5 Å². The Morgan fingerprint density at radius 1 is 1.22 bits per heavy atom. The summed E-state index contributed by atoms with van der Waals surface area (Å²) in [6, 6.07) is 0. The molecule has 0 radical (unpaired) electrons. The van der Waals surface area contributed by atoms with E-state index >= 15 is 0 Å². The van der Waals surface area contributed by atoms with Crippen LogP contribution in [0.2, 0.25) is 0 Å². The van der Waals surface area contributed by atoms with E-state index in [9.17, 15) is 9.90 Å². The Morgan fingerprint density at radius 3 is 2.70 bits per heavy atom. The summed E-state index contributed by atoms with van der Waals surface area (Å²) < 4.78 is 0. The van der Waals surface area contributed by atoms with Gasteiger partial charge in [-0.2, -0.15) is 0 Å². The van der Waals surface area contributed by atoms with Crippen molar-refractivity contribution in [3.63, 3.8) is 0 Å². The quantitative estimate of drug-likeness (QED) is 0.681. The molecule has 2 nitrogen and oxygen atoms in total. The Labute approximate surface area is 140 Å². The first-order valence-corrected chi connectivity index (χ1v) is 9.02. The highest BCUT2D eigenvalue weighted by Gasteiger charge is 2.53. The van der Waals surface area contributed by atoms with Gasteiger partial charge in [-0.3, -0.25) is 4.79 Å². The van der Waals surface area contributed by atoms with Gasteiger partial charge in [0.15, 0.2) is 5.78 Å². The topological polar surface area (TPSA) is 37.3 Å². The third-order valence-corrected chi connectivity index (χ3v) is 6.68. The number of rotatable bonds is 0. The molecule has 4 rings (SSSR count). The van der Waals surface area contributed by atoms with Crippen LogP contribution in [0.25, 0.3) is 0 Å².